The SMILES string of the molecule is COC(=O)Nc1ccc(-c2cnn([C@H](Cc3ccn(C)n3)c3ccc(-c4c(-n5cnnn5)ccc(Cl)c4F)c[n+]3[O-])c2)cc1. The van der Waals surface area contributed by atoms with E-state index in [0.29, 0.717) is 28.2 Å². The number of amides is 1. The number of benzene rings is 2. The van der Waals surface area contributed by atoms with Crippen molar-refractivity contribution < 1.29 is 18.7 Å². The Morgan fingerprint density at radius 1 is 1.11 bits per heavy atom. The van der Waals surface area contributed by atoms with Gasteiger partial charge in [0.15, 0.2) is 12.0 Å². The van der Waals surface area contributed by atoms with E-state index in [4.69, 9.17) is 11.6 Å². The number of ether oxygens (including phenoxy) is 1. The Labute approximate surface area is 254 Å². The van der Waals surface area contributed by atoms with Gasteiger partial charge in [0.05, 0.1) is 40.8 Å². The van der Waals surface area contributed by atoms with Crippen LogP contribution in [0.1, 0.15) is 17.4 Å². The molecule has 2 aromatic carbocycles. The first-order valence-corrected chi connectivity index (χ1v) is 13.6. The molecule has 0 aliphatic heterocycles. The summed E-state index contributed by atoms with van der Waals surface area (Å²) in [5.41, 5.74) is 4.01. The van der Waals surface area contributed by atoms with Crippen LogP contribution in [0.4, 0.5) is 14.9 Å². The molecule has 0 aliphatic rings. The summed E-state index contributed by atoms with van der Waals surface area (Å²) in [5.74, 6) is -0.707. The molecule has 0 bridgehead atoms. The van der Waals surface area contributed by atoms with Gasteiger partial charge in [0.25, 0.3) is 0 Å². The van der Waals surface area contributed by atoms with Gasteiger partial charge in [-0.3, -0.25) is 14.7 Å². The molecule has 0 saturated carbocycles. The zero-order chi connectivity index (χ0) is 30.8. The van der Waals surface area contributed by atoms with E-state index in [9.17, 15) is 10.0 Å². The van der Waals surface area contributed by atoms with Gasteiger partial charge in [-0.05, 0) is 52.4 Å². The summed E-state index contributed by atoms with van der Waals surface area (Å²) >= 11 is 6.12. The van der Waals surface area contributed by atoms with E-state index < -0.39 is 18.0 Å². The molecule has 1 atom stereocenters. The van der Waals surface area contributed by atoms with E-state index in [0.717, 1.165) is 16.8 Å². The maximum Gasteiger partial charge on any atom is 0.411 e. The lowest BCUT2D eigenvalue weighted by atomic mass is 10.0. The molecule has 15 heteroatoms. The van der Waals surface area contributed by atoms with Gasteiger partial charge in [-0.2, -0.15) is 19.6 Å². The highest BCUT2D eigenvalue weighted by Gasteiger charge is 2.27. The third kappa shape index (κ3) is 5.70. The number of nitrogens with zero attached hydrogens (tertiary/aromatic N) is 9. The number of anilines is 1. The van der Waals surface area contributed by atoms with Gasteiger partial charge in [0.2, 0.25) is 5.69 Å². The monoisotopic (exact) mass is 614 g/mol. The van der Waals surface area contributed by atoms with Gasteiger partial charge in [0.1, 0.15) is 12.4 Å². The Balaban J connectivity index is 1.37. The molecular formula is C29H24ClFN10O3. The predicted octanol–water partition coefficient (Wildman–Crippen LogP) is 4.36. The molecule has 0 radical (unpaired) electrons. The normalized spacial score (nSPS) is 11.8. The number of tetrazole rings is 1. The molecule has 0 spiro atoms. The molecule has 13 nitrogen and oxygen atoms in total. The second kappa shape index (κ2) is 11.9. The van der Waals surface area contributed by atoms with Crippen LogP contribution in [-0.2, 0) is 18.2 Å². The minimum Gasteiger partial charge on any atom is -0.618 e. The summed E-state index contributed by atoms with van der Waals surface area (Å²) in [6.07, 6.45) is 7.75. The third-order valence-electron chi connectivity index (χ3n) is 6.99. The first-order valence-electron chi connectivity index (χ1n) is 13.2. The molecule has 6 rings (SSSR count). The number of hydrogen-bond donors (Lipinski definition) is 1. The van der Waals surface area contributed by atoms with Crippen molar-refractivity contribution in [2.45, 2.75) is 12.5 Å². The van der Waals surface area contributed by atoms with Crippen LogP contribution in [-0.4, -0.2) is 53.0 Å². The molecule has 222 valence electrons. The number of carbonyl (C=O) groups excluding carboxylic acids is 1. The van der Waals surface area contributed by atoms with Gasteiger partial charge in [0, 0.05) is 43.2 Å². The number of methoxy groups -OCH3 is 1. The number of pyridine rings is 1. The Morgan fingerprint density at radius 3 is 2.59 bits per heavy atom. The summed E-state index contributed by atoms with van der Waals surface area (Å²) in [4.78, 5) is 11.5. The fourth-order valence-corrected chi connectivity index (χ4v) is 5.01. The fourth-order valence-electron chi connectivity index (χ4n) is 4.85. The highest BCUT2D eigenvalue weighted by Crippen LogP contribution is 2.34. The number of carbonyl (C=O) groups is 1. The topological polar surface area (TPSA) is 145 Å². The fraction of sp³-hybridized carbons (Fsp3) is 0.138. The zero-order valence-electron chi connectivity index (χ0n) is 23.4. The number of aromatic nitrogens is 9. The molecule has 44 heavy (non-hydrogen) atoms. The lowest BCUT2D eigenvalue weighted by Gasteiger charge is -2.18. The van der Waals surface area contributed by atoms with Gasteiger partial charge >= 0.3 is 6.09 Å². The predicted molar refractivity (Wildman–Crippen MR) is 157 cm³/mol. The molecule has 0 fully saturated rings. The van der Waals surface area contributed by atoms with E-state index in [1.54, 1.807) is 45.9 Å². The van der Waals surface area contributed by atoms with Crippen LogP contribution in [0.5, 0.6) is 0 Å². The molecule has 6 aromatic rings. The first-order chi connectivity index (χ1) is 21.3. The van der Waals surface area contributed by atoms with E-state index in [-0.39, 0.29) is 16.1 Å². The quantitative estimate of drug-likeness (QED) is 0.197. The van der Waals surface area contributed by atoms with Crippen molar-refractivity contribution in [3.63, 3.8) is 0 Å². The molecule has 0 unspecified atom stereocenters. The number of hydrogen-bond acceptors (Lipinski definition) is 8. The van der Waals surface area contributed by atoms with Crippen LogP contribution in [0.25, 0.3) is 27.9 Å². The Morgan fingerprint density at radius 2 is 1.91 bits per heavy atom. The summed E-state index contributed by atoms with van der Waals surface area (Å²) < 4.78 is 25.4. The second-order valence-electron chi connectivity index (χ2n) is 9.78. The lowest BCUT2D eigenvalue weighted by Crippen LogP contribution is -2.36. The summed E-state index contributed by atoms with van der Waals surface area (Å²) in [6.45, 7) is 0. The molecule has 4 aromatic heterocycles. The van der Waals surface area contributed by atoms with Crippen molar-refractivity contribution >= 4 is 23.4 Å². The van der Waals surface area contributed by atoms with Crippen molar-refractivity contribution in [1.29, 1.82) is 0 Å². The molecule has 0 aliphatic carbocycles. The molecule has 1 amide bonds. The molecule has 4 heterocycles. The van der Waals surface area contributed by atoms with Crippen molar-refractivity contribution in [2.24, 2.45) is 7.05 Å². The lowest BCUT2D eigenvalue weighted by molar-refractivity contribution is -0.615. The number of nitrogens with one attached hydrogen (secondary N) is 1. The van der Waals surface area contributed by atoms with Gasteiger partial charge < -0.3 is 9.94 Å². The summed E-state index contributed by atoms with van der Waals surface area (Å²) in [6, 6.07) is 14.7. The minimum absolute atomic E-state index is 0.0775. The van der Waals surface area contributed by atoms with Crippen molar-refractivity contribution in [3.8, 4) is 27.9 Å². The number of rotatable bonds is 8. The zero-order valence-corrected chi connectivity index (χ0v) is 24.1. The van der Waals surface area contributed by atoms with Crippen LogP contribution >= 0.6 is 11.6 Å². The van der Waals surface area contributed by atoms with Crippen LogP contribution in [0.2, 0.25) is 5.02 Å². The second-order valence-corrected chi connectivity index (χ2v) is 10.2. The maximum absolute atomic E-state index is 15.4. The summed E-state index contributed by atoms with van der Waals surface area (Å²) in [5, 5.41) is 36.4. The van der Waals surface area contributed by atoms with Crippen molar-refractivity contribution in [2.75, 3.05) is 12.4 Å². The molecule has 1 N–H and O–H groups in total. The van der Waals surface area contributed by atoms with E-state index >= 15 is 4.39 Å². The maximum atomic E-state index is 15.4. The molecule has 0 saturated heterocycles. The number of halogens is 2. The first kappa shape index (κ1) is 28.5. The Kier molecular flexibility index (Phi) is 7.72. The van der Waals surface area contributed by atoms with Gasteiger partial charge in [-0.1, -0.05) is 23.7 Å². The van der Waals surface area contributed by atoms with Crippen LogP contribution in [0, 0.1) is 11.0 Å². The minimum atomic E-state index is -0.707. The van der Waals surface area contributed by atoms with Crippen molar-refractivity contribution in [3.05, 3.63) is 113 Å². The van der Waals surface area contributed by atoms with Crippen molar-refractivity contribution in [1.82, 2.24) is 39.8 Å². The highest BCUT2D eigenvalue weighted by molar-refractivity contribution is 6.31. The van der Waals surface area contributed by atoms with E-state index in [1.165, 1.54) is 30.4 Å². The highest BCUT2D eigenvalue weighted by atomic mass is 35.5. The van der Waals surface area contributed by atoms with Crippen LogP contribution < -0.4 is 10.0 Å². The largest absolute Gasteiger partial charge is 0.618 e. The van der Waals surface area contributed by atoms with Gasteiger partial charge in [-0.15, -0.1) is 5.10 Å². The summed E-state index contributed by atoms with van der Waals surface area (Å²) in [7, 11) is 3.11. The smallest absolute Gasteiger partial charge is 0.411 e. The molecular weight excluding hydrogens is 591 g/mol. The Hall–Kier alpha value is -5.63. The van der Waals surface area contributed by atoms with Crippen LogP contribution in [0.3, 0.4) is 0 Å². The average Bonchev–Trinajstić information content (AvgIpc) is 3.81. The van der Waals surface area contributed by atoms with E-state index in [2.05, 4.69) is 35.8 Å². The third-order valence-corrected chi connectivity index (χ3v) is 7.28. The number of aryl methyl sites for hydroxylation is 1. The van der Waals surface area contributed by atoms with E-state index in [1.807, 2.05) is 37.6 Å². The Bertz CT molecular complexity index is 1940. The van der Waals surface area contributed by atoms with Crippen LogP contribution in [0.15, 0.2) is 85.7 Å². The van der Waals surface area contributed by atoms with Gasteiger partial charge in [-0.25, -0.2) is 9.18 Å². The standard InChI is InChI=1S/C29H24ClFN10O3/c1-38-12-11-22(35-38)13-26(39-15-20(14-33-39)18-3-6-21(7-4-18)34-29(42)44-2)24-9-5-19(16-41(24)43)27-25(40-17-32-36-37-40)10-8-23(30)28(27)31/h3-12,14-17,26H,13H2,1-2H3,(H,34,42)/t26-/m1/s1. The average molecular weight is 615 g/mol.